The molecule has 0 aliphatic heterocycles. The number of anilines is 1. The molecule has 0 fully saturated rings. The Morgan fingerprint density at radius 2 is 1.67 bits per heavy atom. The topological polar surface area (TPSA) is 29.1 Å². The van der Waals surface area contributed by atoms with Gasteiger partial charge in [0, 0.05) is 6.07 Å². The maximum atomic E-state index is 12.9. The number of rotatable bonds is 2. The van der Waals surface area contributed by atoms with Crippen LogP contribution in [-0.4, -0.2) is 5.91 Å². The Bertz CT molecular complexity index is 404. The summed E-state index contributed by atoms with van der Waals surface area (Å²) in [6.07, 6.45) is 0.710. The summed E-state index contributed by atoms with van der Waals surface area (Å²) in [4.78, 5) is 10.7. The first-order valence-corrected chi connectivity index (χ1v) is 3.73. The van der Waals surface area contributed by atoms with Crippen LogP contribution in [0.4, 0.5) is 23.2 Å². The van der Waals surface area contributed by atoms with Gasteiger partial charge < -0.3 is 5.32 Å². The molecule has 0 aromatic heterocycles. The Labute approximate surface area is 82.2 Å². The van der Waals surface area contributed by atoms with Crippen LogP contribution in [0, 0.1) is 23.3 Å². The normalized spacial score (nSPS) is 9.87. The van der Waals surface area contributed by atoms with Crippen molar-refractivity contribution in [1.29, 1.82) is 0 Å². The van der Waals surface area contributed by atoms with E-state index in [0.29, 0.717) is 6.08 Å². The van der Waals surface area contributed by atoms with Crippen LogP contribution in [0.25, 0.3) is 0 Å². The molecule has 0 atom stereocenters. The van der Waals surface area contributed by atoms with Crippen molar-refractivity contribution in [3.8, 4) is 0 Å². The average Bonchev–Trinajstić information content (AvgIpc) is 2.21. The third-order valence-corrected chi connectivity index (χ3v) is 1.55. The zero-order valence-electron chi connectivity index (χ0n) is 7.28. The van der Waals surface area contributed by atoms with Gasteiger partial charge in [-0.15, -0.1) is 0 Å². The third-order valence-electron chi connectivity index (χ3n) is 1.55. The number of hydrogen-bond acceptors (Lipinski definition) is 1. The summed E-state index contributed by atoms with van der Waals surface area (Å²) in [5.74, 6) is -7.48. The van der Waals surface area contributed by atoms with Gasteiger partial charge >= 0.3 is 0 Å². The molecule has 6 heteroatoms. The van der Waals surface area contributed by atoms with E-state index in [1.54, 1.807) is 5.32 Å². The number of nitrogens with one attached hydrogen (secondary N) is 1. The van der Waals surface area contributed by atoms with Crippen molar-refractivity contribution < 1.29 is 22.4 Å². The van der Waals surface area contributed by atoms with E-state index in [1.165, 1.54) is 0 Å². The van der Waals surface area contributed by atoms with Crippen LogP contribution in [-0.2, 0) is 4.79 Å². The van der Waals surface area contributed by atoms with E-state index in [0.717, 1.165) is 0 Å². The summed E-state index contributed by atoms with van der Waals surface area (Å²) >= 11 is 0. The maximum absolute atomic E-state index is 12.9. The van der Waals surface area contributed by atoms with Gasteiger partial charge in [-0.1, -0.05) is 6.58 Å². The standard InChI is InChI=1S/C9H5F4NO/c1-2-6(15)14-9-7(12)4(10)3-5(11)8(9)13/h2-3H,1H2,(H,14,15). The zero-order chi connectivity index (χ0) is 11.6. The fraction of sp³-hybridized carbons (Fsp3) is 0. The number of benzene rings is 1. The minimum atomic E-state index is -1.66. The molecular weight excluding hydrogens is 214 g/mol. The van der Waals surface area contributed by atoms with Crippen molar-refractivity contribution in [3.05, 3.63) is 42.0 Å². The second-order valence-corrected chi connectivity index (χ2v) is 2.54. The molecule has 2 nitrogen and oxygen atoms in total. The summed E-state index contributed by atoms with van der Waals surface area (Å²) in [5, 5.41) is 1.62. The summed E-state index contributed by atoms with van der Waals surface area (Å²) in [6, 6.07) is 0.0498. The second kappa shape index (κ2) is 4.12. The Kier molecular flexibility index (Phi) is 3.08. The summed E-state index contributed by atoms with van der Waals surface area (Å²) < 4.78 is 51.0. The van der Waals surface area contributed by atoms with Gasteiger partial charge in [0.05, 0.1) is 0 Å². The van der Waals surface area contributed by atoms with Gasteiger partial charge in [-0.3, -0.25) is 4.79 Å². The average molecular weight is 219 g/mol. The lowest BCUT2D eigenvalue weighted by atomic mass is 10.2. The van der Waals surface area contributed by atoms with Gasteiger partial charge in [0.1, 0.15) is 5.69 Å². The van der Waals surface area contributed by atoms with E-state index in [2.05, 4.69) is 6.58 Å². The number of hydrogen-bond donors (Lipinski definition) is 1. The van der Waals surface area contributed by atoms with E-state index in [4.69, 9.17) is 0 Å². The Morgan fingerprint density at radius 1 is 1.20 bits per heavy atom. The first-order chi connectivity index (χ1) is 6.97. The summed E-state index contributed by atoms with van der Waals surface area (Å²) in [7, 11) is 0. The molecular formula is C9H5F4NO. The highest BCUT2D eigenvalue weighted by atomic mass is 19.2. The third kappa shape index (κ3) is 2.15. The highest BCUT2D eigenvalue weighted by Crippen LogP contribution is 2.23. The fourth-order valence-corrected chi connectivity index (χ4v) is 0.857. The Morgan fingerprint density at radius 3 is 2.07 bits per heavy atom. The predicted molar refractivity (Wildman–Crippen MR) is 45.1 cm³/mol. The number of carbonyl (C=O) groups excluding carboxylic acids is 1. The molecule has 1 aromatic carbocycles. The van der Waals surface area contributed by atoms with Crippen molar-refractivity contribution in [3.63, 3.8) is 0 Å². The van der Waals surface area contributed by atoms with Crippen LogP contribution in [0.3, 0.4) is 0 Å². The number of carbonyl (C=O) groups is 1. The molecule has 1 amide bonds. The van der Waals surface area contributed by atoms with E-state index in [-0.39, 0.29) is 6.07 Å². The van der Waals surface area contributed by atoms with Gasteiger partial charge in [-0.05, 0) is 6.08 Å². The molecule has 0 bridgehead atoms. The van der Waals surface area contributed by atoms with Gasteiger partial charge in [0.2, 0.25) is 5.91 Å². The van der Waals surface area contributed by atoms with E-state index in [1.807, 2.05) is 0 Å². The van der Waals surface area contributed by atoms with Crippen molar-refractivity contribution in [1.82, 2.24) is 0 Å². The smallest absolute Gasteiger partial charge is 0.247 e. The van der Waals surface area contributed by atoms with Gasteiger partial charge in [-0.2, -0.15) is 0 Å². The molecule has 0 aliphatic rings. The molecule has 0 saturated carbocycles. The van der Waals surface area contributed by atoms with Crippen molar-refractivity contribution >= 4 is 11.6 Å². The van der Waals surface area contributed by atoms with Crippen molar-refractivity contribution in [2.24, 2.45) is 0 Å². The van der Waals surface area contributed by atoms with Crippen LogP contribution >= 0.6 is 0 Å². The largest absolute Gasteiger partial charge is 0.317 e. The Balaban J connectivity index is 3.26. The van der Waals surface area contributed by atoms with Crippen molar-refractivity contribution in [2.75, 3.05) is 5.32 Å². The molecule has 80 valence electrons. The molecule has 0 radical (unpaired) electrons. The molecule has 1 N–H and O–H groups in total. The summed E-state index contributed by atoms with van der Waals surface area (Å²) in [6.45, 7) is 3.02. The SMILES string of the molecule is C=CC(=O)Nc1c(F)c(F)cc(F)c1F. The molecule has 1 aromatic rings. The van der Waals surface area contributed by atoms with Gasteiger partial charge in [0.25, 0.3) is 0 Å². The predicted octanol–water partition coefficient (Wildman–Crippen LogP) is 2.37. The van der Waals surface area contributed by atoms with Crippen LogP contribution in [0.2, 0.25) is 0 Å². The molecule has 0 aliphatic carbocycles. The van der Waals surface area contributed by atoms with Crippen LogP contribution in [0.1, 0.15) is 0 Å². The highest BCUT2D eigenvalue weighted by Gasteiger charge is 2.19. The van der Waals surface area contributed by atoms with E-state index in [9.17, 15) is 22.4 Å². The molecule has 1 rings (SSSR count). The monoisotopic (exact) mass is 219 g/mol. The van der Waals surface area contributed by atoms with Crippen molar-refractivity contribution in [2.45, 2.75) is 0 Å². The maximum Gasteiger partial charge on any atom is 0.247 e. The van der Waals surface area contributed by atoms with Gasteiger partial charge in [-0.25, -0.2) is 17.6 Å². The summed E-state index contributed by atoms with van der Waals surface area (Å²) in [5.41, 5.74) is -1.17. The number of amides is 1. The number of halogens is 4. The minimum Gasteiger partial charge on any atom is -0.317 e. The quantitative estimate of drug-likeness (QED) is 0.461. The molecule has 0 heterocycles. The molecule has 15 heavy (non-hydrogen) atoms. The van der Waals surface area contributed by atoms with Crippen LogP contribution in [0.15, 0.2) is 18.7 Å². The second-order valence-electron chi connectivity index (χ2n) is 2.54. The highest BCUT2D eigenvalue weighted by molar-refractivity contribution is 5.99. The molecule has 0 saturated heterocycles. The van der Waals surface area contributed by atoms with Crippen LogP contribution < -0.4 is 5.32 Å². The van der Waals surface area contributed by atoms with Crippen LogP contribution in [0.5, 0.6) is 0 Å². The first kappa shape index (κ1) is 11.2. The lowest BCUT2D eigenvalue weighted by Crippen LogP contribution is -2.12. The zero-order valence-corrected chi connectivity index (χ0v) is 7.28. The lowest BCUT2D eigenvalue weighted by Gasteiger charge is -2.06. The fourth-order valence-electron chi connectivity index (χ4n) is 0.857. The first-order valence-electron chi connectivity index (χ1n) is 3.73. The van der Waals surface area contributed by atoms with Gasteiger partial charge in [0.15, 0.2) is 23.3 Å². The molecule has 0 spiro atoms. The Hall–Kier alpha value is -1.85. The van der Waals surface area contributed by atoms with E-state index < -0.39 is 34.9 Å². The molecule has 0 unspecified atom stereocenters. The minimum absolute atomic E-state index is 0.0498. The van der Waals surface area contributed by atoms with E-state index >= 15 is 0 Å². The lowest BCUT2D eigenvalue weighted by molar-refractivity contribution is -0.111.